The van der Waals surface area contributed by atoms with Crippen LogP contribution in [0.3, 0.4) is 0 Å². The van der Waals surface area contributed by atoms with Crippen molar-refractivity contribution in [2.75, 3.05) is 5.73 Å². The third-order valence-electron chi connectivity index (χ3n) is 1.85. The van der Waals surface area contributed by atoms with Crippen molar-refractivity contribution in [3.8, 4) is 0 Å². The van der Waals surface area contributed by atoms with Crippen LogP contribution in [0.1, 0.15) is 5.56 Å². The molecule has 0 saturated heterocycles. The van der Waals surface area contributed by atoms with Crippen LogP contribution < -0.4 is 5.73 Å². The Morgan fingerprint density at radius 1 is 1.38 bits per heavy atom. The number of nitrogens with two attached hydrogens (primary N) is 1. The highest BCUT2D eigenvalue weighted by Crippen LogP contribution is 2.21. The second-order valence-electron chi connectivity index (χ2n) is 3.03. The van der Waals surface area contributed by atoms with Gasteiger partial charge in [0, 0.05) is 11.8 Å². The number of nitrogens with one attached hydrogen (secondary N) is 1. The number of benzene rings is 1. The molecule has 0 aliphatic rings. The molecule has 0 fully saturated rings. The van der Waals surface area contributed by atoms with Crippen molar-refractivity contribution in [3.05, 3.63) is 35.4 Å². The van der Waals surface area contributed by atoms with E-state index >= 15 is 0 Å². The van der Waals surface area contributed by atoms with Crippen LogP contribution in [0.25, 0.3) is 0 Å². The lowest BCUT2D eigenvalue weighted by molar-refractivity contribution is 0.576. The highest BCUT2D eigenvalue weighted by atomic mass is 32.2. The summed E-state index contributed by atoms with van der Waals surface area (Å²) in [5.74, 6) is -0.630. The number of rotatable bonds is 3. The van der Waals surface area contributed by atoms with Crippen molar-refractivity contribution in [1.29, 1.82) is 0 Å². The van der Waals surface area contributed by atoms with Crippen LogP contribution in [0.2, 0.25) is 0 Å². The Bertz CT molecular complexity index is 500. The molecule has 2 aromatic rings. The lowest BCUT2D eigenvalue weighted by Crippen LogP contribution is -1.89. The predicted molar refractivity (Wildman–Crippen MR) is 56.7 cm³/mol. The first-order valence-corrected chi connectivity index (χ1v) is 5.38. The Kier molecular flexibility index (Phi) is 3.04. The Balaban J connectivity index is 2.04. The zero-order valence-electron chi connectivity index (χ0n) is 8.08. The summed E-state index contributed by atoms with van der Waals surface area (Å²) < 4.78 is 25.9. The van der Waals surface area contributed by atoms with Crippen LogP contribution in [-0.4, -0.2) is 15.2 Å². The zero-order valence-corrected chi connectivity index (χ0v) is 8.89. The normalized spacial score (nSPS) is 10.6. The lowest BCUT2D eigenvalue weighted by Gasteiger charge is -2.00. The molecular formula is C9H8F2N4S. The van der Waals surface area contributed by atoms with Crippen LogP contribution in [-0.2, 0) is 5.75 Å². The number of nitrogen functional groups attached to an aromatic ring is 1. The first kappa shape index (κ1) is 10.9. The van der Waals surface area contributed by atoms with E-state index in [1.165, 1.54) is 23.9 Å². The topological polar surface area (TPSA) is 67.6 Å². The molecule has 7 heteroatoms. The molecule has 0 spiro atoms. The molecule has 0 aliphatic heterocycles. The number of halogens is 2. The molecular weight excluding hydrogens is 234 g/mol. The number of thioether (sulfide) groups is 1. The Morgan fingerprint density at radius 3 is 2.81 bits per heavy atom. The lowest BCUT2D eigenvalue weighted by atomic mass is 10.2. The van der Waals surface area contributed by atoms with Gasteiger partial charge in [-0.15, -0.1) is 5.10 Å². The minimum Gasteiger partial charge on any atom is -0.368 e. The third kappa shape index (κ3) is 2.48. The third-order valence-corrected chi connectivity index (χ3v) is 2.75. The van der Waals surface area contributed by atoms with Gasteiger partial charge in [-0.25, -0.2) is 13.9 Å². The number of nitrogens with zero attached hydrogens (tertiary/aromatic N) is 2. The van der Waals surface area contributed by atoms with E-state index in [0.29, 0.717) is 16.5 Å². The number of H-pyrrole nitrogens is 1. The molecule has 4 nitrogen and oxygen atoms in total. The monoisotopic (exact) mass is 242 g/mol. The molecule has 84 valence electrons. The summed E-state index contributed by atoms with van der Waals surface area (Å²) in [6, 6.07) is 3.46. The summed E-state index contributed by atoms with van der Waals surface area (Å²) in [6.07, 6.45) is 0. The van der Waals surface area contributed by atoms with E-state index in [4.69, 9.17) is 5.73 Å². The fourth-order valence-electron chi connectivity index (χ4n) is 1.10. The van der Waals surface area contributed by atoms with Gasteiger partial charge in [0.25, 0.3) is 0 Å². The fraction of sp³-hybridized carbons (Fsp3) is 0.111. The Hall–Kier alpha value is -1.63. The van der Waals surface area contributed by atoms with Crippen LogP contribution in [0.5, 0.6) is 0 Å². The van der Waals surface area contributed by atoms with Gasteiger partial charge in [0.1, 0.15) is 11.6 Å². The molecule has 0 aliphatic carbocycles. The first-order valence-electron chi connectivity index (χ1n) is 4.40. The molecule has 1 heterocycles. The van der Waals surface area contributed by atoms with Gasteiger partial charge in [0.15, 0.2) is 0 Å². The molecule has 1 aromatic heterocycles. The predicted octanol–water partition coefficient (Wildman–Crippen LogP) is 1.96. The van der Waals surface area contributed by atoms with Crippen LogP contribution in [0.15, 0.2) is 23.4 Å². The maximum atomic E-state index is 13.2. The van der Waals surface area contributed by atoms with E-state index in [0.717, 1.165) is 6.07 Å². The van der Waals surface area contributed by atoms with Gasteiger partial charge in [-0.1, -0.05) is 17.8 Å². The summed E-state index contributed by atoms with van der Waals surface area (Å²) in [5.41, 5.74) is 5.73. The van der Waals surface area contributed by atoms with Crippen molar-refractivity contribution in [1.82, 2.24) is 15.2 Å². The maximum Gasteiger partial charge on any atom is 0.216 e. The minimum atomic E-state index is -0.589. The van der Waals surface area contributed by atoms with Crippen molar-refractivity contribution in [2.24, 2.45) is 0 Å². The zero-order chi connectivity index (χ0) is 11.5. The molecule has 16 heavy (non-hydrogen) atoms. The van der Waals surface area contributed by atoms with E-state index in [-0.39, 0.29) is 5.95 Å². The van der Waals surface area contributed by atoms with Gasteiger partial charge in [0.2, 0.25) is 11.1 Å². The number of anilines is 1. The van der Waals surface area contributed by atoms with Gasteiger partial charge in [0.05, 0.1) is 0 Å². The molecule has 2 rings (SSSR count). The summed E-state index contributed by atoms with van der Waals surface area (Å²) in [5, 5.41) is 6.69. The van der Waals surface area contributed by atoms with Crippen molar-refractivity contribution >= 4 is 17.7 Å². The molecule has 0 saturated carbocycles. The van der Waals surface area contributed by atoms with Gasteiger partial charge >= 0.3 is 0 Å². The van der Waals surface area contributed by atoms with Gasteiger partial charge in [-0.05, 0) is 11.6 Å². The molecule has 0 atom stereocenters. The first-order chi connectivity index (χ1) is 7.65. The smallest absolute Gasteiger partial charge is 0.216 e. The fourth-order valence-corrected chi connectivity index (χ4v) is 1.90. The highest BCUT2D eigenvalue weighted by Gasteiger charge is 2.06. The highest BCUT2D eigenvalue weighted by molar-refractivity contribution is 7.98. The number of aromatic amines is 1. The van der Waals surface area contributed by atoms with E-state index < -0.39 is 11.6 Å². The van der Waals surface area contributed by atoms with Crippen molar-refractivity contribution in [3.63, 3.8) is 0 Å². The van der Waals surface area contributed by atoms with Gasteiger partial charge < -0.3 is 5.73 Å². The Morgan fingerprint density at radius 2 is 2.19 bits per heavy atom. The largest absolute Gasteiger partial charge is 0.368 e. The van der Waals surface area contributed by atoms with E-state index in [2.05, 4.69) is 15.2 Å². The second kappa shape index (κ2) is 4.48. The van der Waals surface area contributed by atoms with Crippen molar-refractivity contribution < 1.29 is 8.78 Å². The summed E-state index contributed by atoms with van der Waals surface area (Å²) in [7, 11) is 0. The molecule has 0 bridgehead atoms. The Labute approximate surface area is 94.3 Å². The average Bonchev–Trinajstić information content (AvgIpc) is 2.63. The molecule has 3 N–H and O–H groups in total. The average molecular weight is 242 g/mol. The van der Waals surface area contributed by atoms with Crippen LogP contribution >= 0.6 is 11.8 Å². The van der Waals surface area contributed by atoms with Gasteiger partial charge in [-0.3, -0.25) is 0 Å². The quantitative estimate of drug-likeness (QED) is 0.807. The van der Waals surface area contributed by atoms with Gasteiger partial charge in [-0.2, -0.15) is 4.98 Å². The standard InChI is InChI=1S/C9H8F2N4S/c10-6-2-1-5(7(11)3-6)4-16-9-13-8(12)14-15-9/h1-3H,4H2,(H3,12,13,14,15). The number of hydrogen-bond acceptors (Lipinski definition) is 4. The number of hydrogen-bond donors (Lipinski definition) is 2. The molecule has 1 aromatic carbocycles. The molecule has 0 radical (unpaired) electrons. The minimum absolute atomic E-state index is 0.210. The van der Waals surface area contributed by atoms with Crippen molar-refractivity contribution in [2.45, 2.75) is 10.9 Å². The van der Waals surface area contributed by atoms with Crippen LogP contribution in [0, 0.1) is 11.6 Å². The second-order valence-corrected chi connectivity index (χ2v) is 3.97. The van der Waals surface area contributed by atoms with E-state index in [9.17, 15) is 8.78 Å². The van der Waals surface area contributed by atoms with Crippen LogP contribution in [0.4, 0.5) is 14.7 Å². The number of aromatic nitrogens is 3. The molecule has 0 amide bonds. The SMILES string of the molecule is Nc1nc(SCc2ccc(F)cc2F)n[nH]1. The summed E-state index contributed by atoms with van der Waals surface area (Å²) in [4.78, 5) is 3.85. The summed E-state index contributed by atoms with van der Waals surface area (Å²) >= 11 is 1.22. The molecule has 0 unspecified atom stereocenters. The summed E-state index contributed by atoms with van der Waals surface area (Å²) in [6.45, 7) is 0. The maximum absolute atomic E-state index is 13.2. The van der Waals surface area contributed by atoms with E-state index in [1.54, 1.807) is 0 Å². The van der Waals surface area contributed by atoms with E-state index in [1.807, 2.05) is 0 Å².